The van der Waals surface area contributed by atoms with Crippen molar-refractivity contribution >= 4 is 18.0 Å². The molecular formula is C25H28F2N2O5. The maximum atomic E-state index is 12.5. The fraction of sp³-hybridized carbons (Fsp3) is 0.400. The Bertz CT molecular complexity index is 984. The van der Waals surface area contributed by atoms with E-state index in [9.17, 15) is 23.2 Å². The summed E-state index contributed by atoms with van der Waals surface area (Å²) in [5, 5.41) is 13.7. The number of alkyl carbamates (subject to hydrolysis) is 1. The summed E-state index contributed by atoms with van der Waals surface area (Å²) in [5.41, 5.74) is 4.50. The molecule has 0 heterocycles. The first-order valence-electron chi connectivity index (χ1n) is 11.2. The number of ether oxygens (including phenoxy) is 1. The van der Waals surface area contributed by atoms with Crippen LogP contribution in [0.2, 0.25) is 0 Å². The van der Waals surface area contributed by atoms with Crippen LogP contribution in [0.5, 0.6) is 0 Å². The number of carboxylic acids is 1. The van der Waals surface area contributed by atoms with Gasteiger partial charge < -0.3 is 20.5 Å². The van der Waals surface area contributed by atoms with E-state index in [0.717, 1.165) is 22.3 Å². The minimum Gasteiger partial charge on any atom is -0.480 e. The Balaban J connectivity index is 1.41. The van der Waals surface area contributed by atoms with Gasteiger partial charge in [-0.05, 0) is 35.1 Å². The van der Waals surface area contributed by atoms with Crippen LogP contribution in [0.1, 0.15) is 43.2 Å². The monoisotopic (exact) mass is 474 g/mol. The van der Waals surface area contributed by atoms with Crippen molar-refractivity contribution in [2.45, 2.75) is 44.6 Å². The highest BCUT2D eigenvalue weighted by Crippen LogP contribution is 2.44. The number of rotatable bonds is 11. The van der Waals surface area contributed by atoms with Crippen molar-refractivity contribution in [3.63, 3.8) is 0 Å². The normalized spacial score (nSPS) is 14.1. The average molecular weight is 475 g/mol. The standard InChI is InChI=1S/C25H28F2N2O5/c1-15(23(30)29-21(24(31)32)13-22(26)27)7-6-12-28-25(33)34-14-20-18-10-4-2-8-16(18)17-9-3-5-11-19(17)20/h2-5,8-11,15,20-22H,6-7,12-14H2,1H3,(H,28,33)(H,29,30)(H,31,32). The molecule has 0 spiro atoms. The number of carbonyl (C=O) groups excluding carboxylic acids is 2. The number of hydrogen-bond acceptors (Lipinski definition) is 4. The molecule has 2 unspecified atom stereocenters. The summed E-state index contributed by atoms with van der Waals surface area (Å²) in [6.07, 6.45) is -3.57. The molecule has 2 atom stereocenters. The Labute approximate surface area is 196 Å². The van der Waals surface area contributed by atoms with Crippen molar-refractivity contribution in [1.82, 2.24) is 10.6 Å². The largest absolute Gasteiger partial charge is 0.480 e. The van der Waals surface area contributed by atoms with Crippen LogP contribution in [0.4, 0.5) is 13.6 Å². The summed E-state index contributed by atoms with van der Waals surface area (Å²) < 4.78 is 30.4. The van der Waals surface area contributed by atoms with E-state index in [2.05, 4.69) is 22.8 Å². The molecule has 7 nitrogen and oxygen atoms in total. The Hall–Kier alpha value is -3.49. The predicted molar refractivity (Wildman–Crippen MR) is 122 cm³/mol. The van der Waals surface area contributed by atoms with E-state index in [0.29, 0.717) is 12.8 Å². The quantitative estimate of drug-likeness (QED) is 0.424. The van der Waals surface area contributed by atoms with Crippen LogP contribution in [0.3, 0.4) is 0 Å². The van der Waals surface area contributed by atoms with Crippen LogP contribution in [-0.4, -0.2) is 48.7 Å². The molecule has 0 fully saturated rings. The molecule has 182 valence electrons. The summed E-state index contributed by atoms with van der Waals surface area (Å²) >= 11 is 0. The number of hydrogen-bond donors (Lipinski definition) is 3. The fourth-order valence-corrected chi connectivity index (χ4v) is 4.09. The number of alkyl halides is 2. The molecule has 2 aromatic rings. The van der Waals surface area contributed by atoms with Crippen molar-refractivity contribution in [3.8, 4) is 11.1 Å². The third kappa shape index (κ3) is 6.30. The van der Waals surface area contributed by atoms with Gasteiger partial charge in [0.2, 0.25) is 12.3 Å². The van der Waals surface area contributed by atoms with Crippen molar-refractivity contribution in [1.29, 1.82) is 0 Å². The van der Waals surface area contributed by atoms with Crippen molar-refractivity contribution in [2.24, 2.45) is 5.92 Å². The number of carboxylic acid groups (broad SMARTS) is 1. The maximum absolute atomic E-state index is 12.5. The molecule has 2 aromatic carbocycles. The van der Waals surface area contributed by atoms with Crippen LogP contribution in [0.25, 0.3) is 11.1 Å². The van der Waals surface area contributed by atoms with Gasteiger partial charge >= 0.3 is 12.1 Å². The van der Waals surface area contributed by atoms with Gasteiger partial charge in [0.05, 0.1) is 0 Å². The van der Waals surface area contributed by atoms with Crippen molar-refractivity contribution < 1.29 is 33.0 Å². The second kappa shape index (κ2) is 11.6. The van der Waals surface area contributed by atoms with Gasteiger partial charge in [-0.2, -0.15) is 0 Å². The molecule has 0 bridgehead atoms. The number of halogens is 2. The molecule has 0 aliphatic heterocycles. The molecule has 34 heavy (non-hydrogen) atoms. The molecular weight excluding hydrogens is 446 g/mol. The average Bonchev–Trinajstić information content (AvgIpc) is 3.13. The molecule has 3 rings (SSSR count). The Morgan fingerprint density at radius 3 is 2.18 bits per heavy atom. The maximum Gasteiger partial charge on any atom is 0.407 e. The second-order valence-corrected chi connectivity index (χ2v) is 8.32. The highest BCUT2D eigenvalue weighted by molar-refractivity contribution is 5.84. The lowest BCUT2D eigenvalue weighted by molar-refractivity contribution is -0.143. The number of aliphatic carboxylic acids is 1. The lowest BCUT2D eigenvalue weighted by Gasteiger charge is -2.18. The predicted octanol–water partition coefficient (Wildman–Crippen LogP) is 4.17. The summed E-state index contributed by atoms with van der Waals surface area (Å²) in [5.74, 6) is -2.76. The first-order valence-corrected chi connectivity index (χ1v) is 11.2. The molecule has 1 aliphatic rings. The number of benzene rings is 2. The molecule has 2 amide bonds. The van der Waals surface area contributed by atoms with Gasteiger partial charge in [0.25, 0.3) is 0 Å². The zero-order valence-corrected chi connectivity index (χ0v) is 18.8. The SMILES string of the molecule is CC(CCCNC(=O)OCC1c2ccccc2-c2ccccc21)C(=O)NC(CC(F)F)C(=O)O. The van der Waals surface area contributed by atoms with E-state index in [-0.39, 0.29) is 19.1 Å². The fourth-order valence-electron chi connectivity index (χ4n) is 4.09. The number of fused-ring (bicyclic) bond motifs is 3. The van der Waals surface area contributed by atoms with Crippen LogP contribution in [-0.2, 0) is 14.3 Å². The van der Waals surface area contributed by atoms with Crippen LogP contribution in [0.15, 0.2) is 48.5 Å². The number of nitrogens with one attached hydrogen (secondary N) is 2. The lowest BCUT2D eigenvalue weighted by Crippen LogP contribution is -2.44. The van der Waals surface area contributed by atoms with Gasteiger partial charge in [0, 0.05) is 24.8 Å². The molecule has 0 radical (unpaired) electrons. The van der Waals surface area contributed by atoms with Crippen LogP contribution >= 0.6 is 0 Å². The summed E-state index contributed by atoms with van der Waals surface area (Å²) in [7, 11) is 0. The summed E-state index contributed by atoms with van der Waals surface area (Å²) in [6.45, 7) is 2.02. The molecule has 3 N–H and O–H groups in total. The van der Waals surface area contributed by atoms with E-state index in [1.165, 1.54) is 0 Å². The summed E-state index contributed by atoms with van der Waals surface area (Å²) in [6, 6.07) is 14.4. The van der Waals surface area contributed by atoms with Gasteiger partial charge in [-0.3, -0.25) is 4.79 Å². The van der Waals surface area contributed by atoms with Crippen molar-refractivity contribution in [2.75, 3.05) is 13.2 Å². The third-order valence-electron chi connectivity index (χ3n) is 5.90. The zero-order valence-electron chi connectivity index (χ0n) is 18.8. The lowest BCUT2D eigenvalue weighted by atomic mass is 9.98. The zero-order chi connectivity index (χ0) is 24.7. The van der Waals surface area contributed by atoms with Gasteiger partial charge in [-0.25, -0.2) is 18.4 Å². The Kier molecular flexibility index (Phi) is 8.56. The van der Waals surface area contributed by atoms with E-state index < -0.39 is 42.8 Å². The third-order valence-corrected chi connectivity index (χ3v) is 5.90. The number of amides is 2. The highest BCUT2D eigenvalue weighted by atomic mass is 19.3. The van der Waals surface area contributed by atoms with Crippen molar-refractivity contribution in [3.05, 3.63) is 59.7 Å². The molecule has 0 saturated carbocycles. The topological polar surface area (TPSA) is 105 Å². The van der Waals surface area contributed by atoms with E-state index in [1.54, 1.807) is 6.92 Å². The van der Waals surface area contributed by atoms with Gasteiger partial charge in [0.1, 0.15) is 12.6 Å². The minimum absolute atomic E-state index is 0.0442. The highest BCUT2D eigenvalue weighted by Gasteiger charge is 2.29. The number of carbonyl (C=O) groups is 3. The van der Waals surface area contributed by atoms with Crippen LogP contribution in [0, 0.1) is 5.92 Å². The second-order valence-electron chi connectivity index (χ2n) is 8.32. The first kappa shape index (κ1) is 25.1. The van der Waals surface area contributed by atoms with Gasteiger partial charge in [-0.1, -0.05) is 55.5 Å². The van der Waals surface area contributed by atoms with E-state index >= 15 is 0 Å². The molecule has 9 heteroatoms. The van der Waals surface area contributed by atoms with E-state index in [1.807, 2.05) is 36.4 Å². The molecule has 1 aliphatic carbocycles. The van der Waals surface area contributed by atoms with E-state index in [4.69, 9.17) is 9.84 Å². The molecule has 0 saturated heterocycles. The summed E-state index contributed by atoms with van der Waals surface area (Å²) in [4.78, 5) is 35.3. The van der Waals surface area contributed by atoms with Crippen LogP contribution < -0.4 is 10.6 Å². The molecule has 0 aromatic heterocycles. The smallest absolute Gasteiger partial charge is 0.407 e. The Morgan fingerprint density at radius 1 is 1.03 bits per heavy atom. The first-order chi connectivity index (χ1) is 16.3. The van der Waals surface area contributed by atoms with Gasteiger partial charge in [0.15, 0.2) is 0 Å². The minimum atomic E-state index is -2.84. The Morgan fingerprint density at radius 2 is 1.62 bits per heavy atom. The van der Waals surface area contributed by atoms with Gasteiger partial charge in [-0.15, -0.1) is 0 Å².